The standard InChI is InChI=1S/C21H29N5O2/c1-14(2)22-21(27)19-12-25-9-8-16(19)10-17(25)11-26-13-20(23-24-26)15-4-6-18(28-3)7-5-15/h4-7,13-14,16-17,19H,8-12H2,1-3H3,(H,22,27)/t16?,17-,19+/m1/s1. The van der Waals surface area contributed by atoms with Crippen molar-refractivity contribution in [2.45, 2.75) is 45.3 Å². The number of aromatic nitrogens is 3. The molecule has 2 aromatic rings. The van der Waals surface area contributed by atoms with E-state index in [1.807, 2.05) is 49.0 Å². The quantitative estimate of drug-likeness (QED) is 0.828. The summed E-state index contributed by atoms with van der Waals surface area (Å²) >= 11 is 0. The number of benzene rings is 1. The molecule has 1 N–H and O–H groups in total. The summed E-state index contributed by atoms with van der Waals surface area (Å²) in [6.45, 7) is 6.79. The predicted molar refractivity (Wildman–Crippen MR) is 107 cm³/mol. The second-order valence-electron chi connectivity index (χ2n) is 8.26. The smallest absolute Gasteiger partial charge is 0.224 e. The van der Waals surface area contributed by atoms with E-state index in [2.05, 4.69) is 20.5 Å². The predicted octanol–water partition coefficient (Wildman–Crippen LogP) is 2.19. The Balaban J connectivity index is 1.39. The Hall–Kier alpha value is -2.41. The Bertz CT molecular complexity index is 816. The maximum absolute atomic E-state index is 12.5. The summed E-state index contributed by atoms with van der Waals surface area (Å²) in [5.74, 6) is 1.64. The minimum absolute atomic E-state index is 0.123. The van der Waals surface area contributed by atoms with Crippen LogP contribution in [0, 0.1) is 11.8 Å². The lowest BCUT2D eigenvalue weighted by molar-refractivity contribution is -0.133. The average Bonchev–Trinajstić information content (AvgIpc) is 3.16. The van der Waals surface area contributed by atoms with Crippen LogP contribution in [0.1, 0.15) is 26.7 Å². The van der Waals surface area contributed by atoms with Crippen LogP contribution in [-0.2, 0) is 11.3 Å². The Labute approximate surface area is 166 Å². The Kier molecular flexibility index (Phi) is 5.35. The van der Waals surface area contributed by atoms with Crippen molar-refractivity contribution in [1.29, 1.82) is 0 Å². The third-order valence-electron chi connectivity index (χ3n) is 5.97. The fraction of sp³-hybridized carbons (Fsp3) is 0.571. The molecule has 3 aliphatic heterocycles. The third-order valence-corrected chi connectivity index (χ3v) is 5.97. The summed E-state index contributed by atoms with van der Waals surface area (Å²) in [6, 6.07) is 8.48. The lowest BCUT2D eigenvalue weighted by Crippen LogP contribution is -2.58. The molecule has 2 unspecified atom stereocenters. The highest BCUT2D eigenvalue weighted by Gasteiger charge is 2.43. The maximum Gasteiger partial charge on any atom is 0.224 e. The SMILES string of the molecule is COc1ccc(-c2cn(C[C@H]3CC4CCN3C[C@@H]4C(=O)NC(C)C)nn2)cc1. The minimum atomic E-state index is 0.123. The largest absolute Gasteiger partial charge is 0.497 e. The molecule has 4 atom stereocenters. The Morgan fingerprint density at radius 3 is 2.75 bits per heavy atom. The number of carbonyl (C=O) groups excluding carboxylic acids is 1. The Morgan fingerprint density at radius 2 is 2.11 bits per heavy atom. The third kappa shape index (κ3) is 3.90. The molecule has 4 heterocycles. The summed E-state index contributed by atoms with van der Waals surface area (Å²) in [4.78, 5) is 15.0. The topological polar surface area (TPSA) is 72.3 Å². The summed E-state index contributed by atoms with van der Waals surface area (Å²) < 4.78 is 7.15. The van der Waals surface area contributed by atoms with Crippen LogP contribution in [-0.4, -0.2) is 58.1 Å². The number of ether oxygens (including phenoxy) is 1. The number of piperidine rings is 3. The monoisotopic (exact) mass is 383 g/mol. The van der Waals surface area contributed by atoms with Crippen molar-refractivity contribution in [3.05, 3.63) is 30.5 Å². The van der Waals surface area contributed by atoms with E-state index in [0.29, 0.717) is 12.0 Å². The molecule has 3 aliphatic rings. The first-order chi connectivity index (χ1) is 13.5. The highest BCUT2D eigenvalue weighted by molar-refractivity contribution is 5.79. The number of methoxy groups -OCH3 is 1. The van der Waals surface area contributed by atoms with E-state index in [1.54, 1.807) is 7.11 Å². The van der Waals surface area contributed by atoms with Gasteiger partial charge in [-0.05, 0) is 63.4 Å². The van der Waals surface area contributed by atoms with Crippen molar-refractivity contribution in [2.75, 3.05) is 20.2 Å². The molecule has 0 radical (unpaired) electrons. The van der Waals surface area contributed by atoms with Gasteiger partial charge in [-0.1, -0.05) is 5.21 Å². The van der Waals surface area contributed by atoms with Crippen molar-refractivity contribution < 1.29 is 9.53 Å². The number of amides is 1. The zero-order chi connectivity index (χ0) is 19.7. The summed E-state index contributed by atoms with van der Waals surface area (Å²) in [6.07, 6.45) is 4.17. The van der Waals surface area contributed by atoms with Crippen LogP contribution in [0.15, 0.2) is 30.5 Å². The number of carbonyl (C=O) groups is 1. The van der Waals surface area contributed by atoms with Crippen molar-refractivity contribution in [3.63, 3.8) is 0 Å². The molecule has 5 rings (SSSR count). The number of rotatable bonds is 6. The molecule has 150 valence electrons. The molecule has 3 saturated heterocycles. The molecule has 1 amide bonds. The zero-order valence-electron chi connectivity index (χ0n) is 16.8. The van der Waals surface area contributed by atoms with Gasteiger partial charge < -0.3 is 10.1 Å². The van der Waals surface area contributed by atoms with E-state index >= 15 is 0 Å². The number of hydrogen-bond acceptors (Lipinski definition) is 5. The molecule has 7 heteroatoms. The van der Waals surface area contributed by atoms with Crippen LogP contribution in [0.4, 0.5) is 0 Å². The molecular formula is C21H29N5O2. The van der Waals surface area contributed by atoms with Crippen LogP contribution in [0.2, 0.25) is 0 Å². The van der Waals surface area contributed by atoms with Gasteiger partial charge in [-0.15, -0.1) is 5.10 Å². The van der Waals surface area contributed by atoms with Gasteiger partial charge in [-0.3, -0.25) is 14.4 Å². The molecule has 1 aromatic heterocycles. The van der Waals surface area contributed by atoms with E-state index in [-0.39, 0.29) is 17.9 Å². The van der Waals surface area contributed by atoms with E-state index in [4.69, 9.17) is 4.74 Å². The van der Waals surface area contributed by atoms with Gasteiger partial charge in [0.25, 0.3) is 0 Å². The molecular weight excluding hydrogens is 354 g/mol. The lowest BCUT2D eigenvalue weighted by atomic mass is 9.75. The fourth-order valence-electron chi connectivity index (χ4n) is 4.51. The van der Waals surface area contributed by atoms with Crippen LogP contribution < -0.4 is 10.1 Å². The molecule has 28 heavy (non-hydrogen) atoms. The molecule has 1 aromatic carbocycles. The first-order valence-electron chi connectivity index (χ1n) is 10.1. The van der Waals surface area contributed by atoms with Gasteiger partial charge in [0.15, 0.2) is 0 Å². The van der Waals surface area contributed by atoms with Crippen LogP contribution in [0.25, 0.3) is 11.3 Å². The van der Waals surface area contributed by atoms with Gasteiger partial charge in [0.2, 0.25) is 5.91 Å². The van der Waals surface area contributed by atoms with Crippen molar-refractivity contribution in [1.82, 2.24) is 25.2 Å². The van der Waals surface area contributed by atoms with Gasteiger partial charge in [0.1, 0.15) is 11.4 Å². The molecule has 2 bridgehead atoms. The van der Waals surface area contributed by atoms with E-state index in [9.17, 15) is 4.79 Å². The molecule has 0 spiro atoms. The second-order valence-corrected chi connectivity index (χ2v) is 8.26. The first kappa shape index (κ1) is 18.9. The molecule has 0 aliphatic carbocycles. The highest BCUT2D eigenvalue weighted by Crippen LogP contribution is 2.37. The normalized spacial score (nSPS) is 26.4. The summed E-state index contributed by atoms with van der Waals surface area (Å²) in [7, 11) is 1.66. The summed E-state index contributed by atoms with van der Waals surface area (Å²) in [5.41, 5.74) is 1.90. The molecule has 7 nitrogen and oxygen atoms in total. The average molecular weight is 383 g/mol. The molecule has 3 fully saturated rings. The molecule has 0 saturated carbocycles. The summed E-state index contributed by atoms with van der Waals surface area (Å²) in [5, 5.41) is 11.8. The fourth-order valence-corrected chi connectivity index (χ4v) is 4.51. The van der Waals surface area contributed by atoms with Crippen molar-refractivity contribution in [3.8, 4) is 17.0 Å². The lowest BCUT2D eigenvalue weighted by Gasteiger charge is -2.49. The number of nitrogens with one attached hydrogen (secondary N) is 1. The van der Waals surface area contributed by atoms with Crippen LogP contribution >= 0.6 is 0 Å². The number of hydrogen-bond donors (Lipinski definition) is 1. The van der Waals surface area contributed by atoms with E-state index in [0.717, 1.165) is 49.5 Å². The minimum Gasteiger partial charge on any atom is -0.497 e. The zero-order valence-corrected chi connectivity index (χ0v) is 16.8. The number of fused-ring (bicyclic) bond motifs is 3. The van der Waals surface area contributed by atoms with Gasteiger partial charge in [0.05, 0.1) is 25.8 Å². The van der Waals surface area contributed by atoms with Gasteiger partial charge >= 0.3 is 0 Å². The van der Waals surface area contributed by atoms with Gasteiger partial charge in [-0.25, -0.2) is 0 Å². The highest BCUT2D eigenvalue weighted by atomic mass is 16.5. The van der Waals surface area contributed by atoms with E-state index in [1.165, 1.54) is 0 Å². The van der Waals surface area contributed by atoms with Crippen LogP contribution in [0.5, 0.6) is 5.75 Å². The van der Waals surface area contributed by atoms with Gasteiger partial charge in [-0.2, -0.15) is 0 Å². The van der Waals surface area contributed by atoms with Gasteiger partial charge in [0, 0.05) is 24.2 Å². The van der Waals surface area contributed by atoms with Crippen molar-refractivity contribution >= 4 is 5.91 Å². The maximum atomic E-state index is 12.5. The van der Waals surface area contributed by atoms with Crippen molar-refractivity contribution in [2.24, 2.45) is 11.8 Å². The van der Waals surface area contributed by atoms with E-state index < -0.39 is 0 Å². The first-order valence-corrected chi connectivity index (χ1v) is 10.1. The number of nitrogens with zero attached hydrogens (tertiary/aromatic N) is 4. The second kappa shape index (κ2) is 7.91. The van der Waals surface area contributed by atoms with Crippen LogP contribution in [0.3, 0.4) is 0 Å². The Morgan fingerprint density at radius 1 is 1.32 bits per heavy atom.